The zero-order valence-electron chi connectivity index (χ0n) is 20.0. The molecule has 0 radical (unpaired) electrons. The average Bonchev–Trinajstić information content (AvgIpc) is 3.29. The smallest absolute Gasteiger partial charge is 0.351 e. The molecule has 3 aromatic rings. The molecule has 0 fully saturated rings. The van der Waals surface area contributed by atoms with Crippen LogP contribution in [-0.2, 0) is 0 Å². The minimum atomic E-state index is -4.40. The first-order valence-corrected chi connectivity index (χ1v) is 12.0. The summed E-state index contributed by atoms with van der Waals surface area (Å²) in [6.45, 7) is 1.23. The number of nitrogens with one attached hydrogen (secondary N) is 1. The Balaban J connectivity index is 1.75. The minimum absolute atomic E-state index is 0.126. The van der Waals surface area contributed by atoms with Crippen LogP contribution < -0.4 is 5.32 Å². The van der Waals surface area contributed by atoms with Gasteiger partial charge in [-0.2, -0.15) is 13.2 Å². The highest BCUT2D eigenvalue weighted by Gasteiger charge is 2.43. The van der Waals surface area contributed by atoms with Crippen LogP contribution in [0.3, 0.4) is 0 Å². The Morgan fingerprint density at radius 1 is 1.00 bits per heavy atom. The van der Waals surface area contributed by atoms with Gasteiger partial charge in [0, 0.05) is 29.4 Å². The van der Waals surface area contributed by atoms with Gasteiger partial charge < -0.3 is 14.8 Å². The minimum Gasteiger partial charge on any atom is -0.351 e. The Hall–Kier alpha value is -3.29. The van der Waals surface area contributed by atoms with Gasteiger partial charge in [0.1, 0.15) is 0 Å². The highest BCUT2D eigenvalue weighted by atomic mass is 35.5. The van der Waals surface area contributed by atoms with Crippen LogP contribution in [0.1, 0.15) is 16.8 Å². The first kappa shape index (κ1) is 25.8. The lowest BCUT2D eigenvalue weighted by Crippen LogP contribution is -2.31. The van der Waals surface area contributed by atoms with E-state index < -0.39 is 12.1 Å². The maximum atomic E-state index is 14.0. The lowest BCUT2D eigenvalue weighted by Gasteiger charge is -2.28. The van der Waals surface area contributed by atoms with Crippen LogP contribution in [0, 0.1) is 5.92 Å². The third-order valence-electron chi connectivity index (χ3n) is 6.09. The number of carbonyl (C=O) groups excluding carboxylic acids is 1. The molecule has 1 N–H and O–H groups in total. The third kappa shape index (κ3) is 5.74. The summed E-state index contributed by atoms with van der Waals surface area (Å²) in [6, 6.07) is 17.5. The third-order valence-corrected chi connectivity index (χ3v) is 6.35. The Morgan fingerprint density at radius 3 is 2.14 bits per heavy atom. The number of alkyl halides is 3. The van der Waals surface area contributed by atoms with Gasteiger partial charge in [0.05, 0.1) is 17.3 Å². The van der Waals surface area contributed by atoms with Crippen molar-refractivity contribution in [1.82, 2.24) is 14.8 Å². The molecular weight excluding hydrogens is 487 g/mol. The topological polar surface area (TPSA) is 37.3 Å². The summed E-state index contributed by atoms with van der Waals surface area (Å²) in [4.78, 5) is 14.4. The number of hydrogen-bond acceptors (Lipinski definition) is 2. The average molecular weight is 514 g/mol. The first-order valence-electron chi connectivity index (χ1n) is 11.6. The normalized spacial score (nSPS) is 15.8. The molecule has 36 heavy (non-hydrogen) atoms. The van der Waals surface area contributed by atoms with E-state index in [2.05, 4.69) is 5.32 Å². The van der Waals surface area contributed by atoms with Gasteiger partial charge >= 0.3 is 6.18 Å². The fraction of sp³-hybridized carbons (Fsp3) is 0.250. The van der Waals surface area contributed by atoms with Crippen LogP contribution in [0.15, 0.2) is 78.9 Å². The molecular formula is C28H27ClF3N3O. The molecule has 1 aliphatic rings. The molecule has 0 bridgehead atoms. The molecule has 0 saturated heterocycles. The number of hydrogen-bond donors (Lipinski definition) is 1. The van der Waals surface area contributed by atoms with Crippen molar-refractivity contribution in [3.05, 3.63) is 89.5 Å². The van der Waals surface area contributed by atoms with E-state index in [1.807, 2.05) is 31.1 Å². The number of aromatic nitrogens is 1. The van der Waals surface area contributed by atoms with Crippen LogP contribution in [0.2, 0.25) is 5.02 Å². The Bertz CT molecular complexity index is 1270. The van der Waals surface area contributed by atoms with Gasteiger partial charge in [-0.3, -0.25) is 4.79 Å². The van der Waals surface area contributed by atoms with Gasteiger partial charge in [-0.15, -0.1) is 0 Å². The van der Waals surface area contributed by atoms with Gasteiger partial charge in [0.2, 0.25) is 0 Å². The second-order valence-electron chi connectivity index (χ2n) is 8.93. The maximum Gasteiger partial charge on any atom is 0.397 e. The van der Waals surface area contributed by atoms with E-state index in [1.54, 1.807) is 59.2 Å². The Morgan fingerprint density at radius 2 is 1.58 bits per heavy atom. The molecule has 0 aliphatic heterocycles. The van der Waals surface area contributed by atoms with Crippen molar-refractivity contribution in [3.63, 3.8) is 0 Å². The quantitative estimate of drug-likeness (QED) is 0.379. The molecule has 2 aromatic carbocycles. The summed E-state index contributed by atoms with van der Waals surface area (Å²) >= 11 is 6.05. The van der Waals surface area contributed by atoms with Crippen molar-refractivity contribution in [1.29, 1.82) is 0 Å². The zero-order valence-corrected chi connectivity index (χ0v) is 20.8. The van der Waals surface area contributed by atoms with Crippen molar-refractivity contribution in [3.8, 4) is 22.5 Å². The van der Waals surface area contributed by atoms with Crippen molar-refractivity contribution in [2.45, 2.75) is 12.6 Å². The van der Waals surface area contributed by atoms with Gasteiger partial charge in [-0.25, -0.2) is 0 Å². The molecule has 4 rings (SSSR count). The van der Waals surface area contributed by atoms with Crippen molar-refractivity contribution in [2.75, 3.05) is 27.2 Å². The van der Waals surface area contributed by atoms with Gasteiger partial charge in [-0.1, -0.05) is 48.0 Å². The van der Waals surface area contributed by atoms with Gasteiger partial charge in [-0.05, 0) is 74.1 Å². The first-order chi connectivity index (χ1) is 17.1. The van der Waals surface area contributed by atoms with Crippen LogP contribution >= 0.6 is 11.6 Å². The summed E-state index contributed by atoms with van der Waals surface area (Å²) < 4.78 is 43.8. The van der Waals surface area contributed by atoms with Crippen LogP contribution in [0.5, 0.6) is 0 Å². The van der Waals surface area contributed by atoms with E-state index in [1.165, 1.54) is 12.2 Å². The maximum absolute atomic E-state index is 14.0. The molecule has 1 heterocycles. The second kappa shape index (κ2) is 10.8. The summed E-state index contributed by atoms with van der Waals surface area (Å²) in [5.74, 6) is -1.83. The summed E-state index contributed by atoms with van der Waals surface area (Å²) in [5.41, 5.74) is 3.33. The van der Waals surface area contributed by atoms with Crippen molar-refractivity contribution < 1.29 is 18.0 Å². The van der Waals surface area contributed by atoms with Gasteiger partial charge in [0.15, 0.2) is 0 Å². The summed E-state index contributed by atoms with van der Waals surface area (Å²) in [5, 5.41) is 3.41. The second-order valence-corrected chi connectivity index (χ2v) is 9.37. The predicted octanol–water partition coefficient (Wildman–Crippen LogP) is 6.75. The number of carbonyl (C=O) groups is 1. The largest absolute Gasteiger partial charge is 0.397 e. The fourth-order valence-electron chi connectivity index (χ4n) is 4.22. The molecule has 188 valence electrons. The monoisotopic (exact) mass is 513 g/mol. The zero-order chi connectivity index (χ0) is 25.9. The Kier molecular flexibility index (Phi) is 7.71. The number of halogens is 4. The Labute approximate surface area is 213 Å². The van der Waals surface area contributed by atoms with E-state index in [4.69, 9.17) is 11.6 Å². The van der Waals surface area contributed by atoms with E-state index in [0.29, 0.717) is 34.1 Å². The summed E-state index contributed by atoms with van der Waals surface area (Å²) in [7, 11) is 3.85. The standard InChI is InChI=1S/C28H27ClF3N3O/c1-34(2)18-17-33-27(36)21-9-7-19(8-10-21)24-15-16-25(20-11-13-22(29)14-12-20)35(24)26-6-4-3-5-23(26)28(30,31)32/h3-4,6-16,23H,5,17-18H2,1-2H3,(H,33,36). The van der Waals surface area contributed by atoms with E-state index >= 15 is 0 Å². The molecule has 4 nitrogen and oxygen atoms in total. The van der Waals surface area contributed by atoms with E-state index in [-0.39, 0.29) is 18.0 Å². The number of nitrogens with zero attached hydrogens (tertiary/aromatic N) is 2. The molecule has 1 unspecified atom stereocenters. The summed E-state index contributed by atoms with van der Waals surface area (Å²) in [6.07, 6.45) is 0.199. The fourth-order valence-corrected chi connectivity index (χ4v) is 4.35. The lowest BCUT2D eigenvalue weighted by atomic mass is 9.95. The SMILES string of the molecule is CN(C)CCNC(=O)c1ccc(-c2ccc(-c3ccc(Cl)cc3)n2C2=CC=CCC2C(F)(F)F)cc1. The number of allylic oxidation sites excluding steroid dienone is 4. The van der Waals surface area contributed by atoms with E-state index in [0.717, 1.165) is 12.1 Å². The molecule has 1 atom stereocenters. The number of likely N-dealkylation sites (N-methyl/N-ethyl adjacent to an activating group) is 1. The number of rotatable bonds is 7. The number of benzene rings is 2. The lowest BCUT2D eigenvalue weighted by molar-refractivity contribution is -0.158. The van der Waals surface area contributed by atoms with Gasteiger partial charge in [0.25, 0.3) is 5.91 Å². The van der Waals surface area contributed by atoms with Crippen LogP contribution in [-0.4, -0.2) is 48.7 Å². The molecule has 8 heteroatoms. The van der Waals surface area contributed by atoms with Crippen LogP contribution in [0.25, 0.3) is 28.2 Å². The highest BCUT2D eigenvalue weighted by Crippen LogP contribution is 2.43. The van der Waals surface area contributed by atoms with Crippen LogP contribution in [0.4, 0.5) is 13.2 Å². The van der Waals surface area contributed by atoms with E-state index in [9.17, 15) is 18.0 Å². The molecule has 1 aliphatic carbocycles. The predicted molar refractivity (Wildman–Crippen MR) is 139 cm³/mol. The molecule has 0 saturated carbocycles. The molecule has 1 aromatic heterocycles. The van der Waals surface area contributed by atoms with Crippen molar-refractivity contribution in [2.24, 2.45) is 5.92 Å². The molecule has 0 spiro atoms. The molecule has 1 amide bonds. The number of amides is 1. The highest BCUT2D eigenvalue weighted by molar-refractivity contribution is 6.30. The van der Waals surface area contributed by atoms with Crippen molar-refractivity contribution >= 4 is 23.2 Å².